The van der Waals surface area contributed by atoms with Crippen LogP contribution in [0.3, 0.4) is 0 Å². The molecule has 0 unspecified atom stereocenters. The van der Waals surface area contributed by atoms with E-state index in [2.05, 4.69) is 27.6 Å². The second kappa shape index (κ2) is 10.1. The summed E-state index contributed by atoms with van der Waals surface area (Å²) in [7, 11) is 1.80. The summed E-state index contributed by atoms with van der Waals surface area (Å²) in [5.74, 6) is 1.02. The first kappa shape index (κ1) is 23.5. The van der Waals surface area contributed by atoms with Crippen LogP contribution in [0.2, 0.25) is 5.02 Å². The number of carbonyl (C=O) groups is 1. The van der Waals surface area contributed by atoms with Crippen LogP contribution in [0.5, 0.6) is 5.75 Å². The minimum atomic E-state index is -0.552. The average molecular weight is 498 g/mol. The number of nitro groups is 1. The summed E-state index contributed by atoms with van der Waals surface area (Å²) in [4.78, 5) is 22.7. The Labute approximate surface area is 204 Å². The molecular weight excluding hydrogens is 478 g/mol. The van der Waals surface area contributed by atoms with E-state index in [4.69, 9.17) is 16.3 Å². The third-order valence-corrected chi connectivity index (χ3v) is 6.55. The predicted octanol–water partition coefficient (Wildman–Crippen LogP) is 5.15. The second-order valence-electron chi connectivity index (χ2n) is 7.41. The molecule has 1 N–H and O–H groups in total. The van der Waals surface area contributed by atoms with Crippen molar-refractivity contribution in [3.63, 3.8) is 0 Å². The van der Waals surface area contributed by atoms with Crippen LogP contribution in [0.15, 0.2) is 59.8 Å². The minimum Gasteiger partial charge on any atom is -0.485 e. The van der Waals surface area contributed by atoms with Gasteiger partial charge in [0.05, 0.1) is 21.4 Å². The Morgan fingerprint density at radius 1 is 1.21 bits per heavy atom. The van der Waals surface area contributed by atoms with Crippen molar-refractivity contribution in [2.24, 2.45) is 7.05 Å². The monoisotopic (exact) mass is 497 g/mol. The Morgan fingerprint density at radius 2 is 2.00 bits per heavy atom. The second-order valence-corrected chi connectivity index (χ2v) is 8.76. The van der Waals surface area contributed by atoms with Gasteiger partial charge in [-0.15, -0.1) is 10.2 Å². The maximum absolute atomic E-state index is 12.3. The van der Waals surface area contributed by atoms with Gasteiger partial charge < -0.3 is 14.6 Å². The van der Waals surface area contributed by atoms with Gasteiger partial charge in [-0.2, -0.15) is 0 Å². The van der Waals surface area contributed by atoms with Crippen LogP contribution < -0.4 is 10.1 Å². The minimum absolute atomic E-state index is 0.0234. The highest BCUT2D eigenvalue weighted by molar-refractivity contribution is 7.99. The Morgan fingerprint density at radius 3 is 2.79 bits per heavy atom. The van der Waals surface area contributed by atoms with Gasteiger partial charge in [-0.3, -0.25) is 14.9 Å². The van der Waals surface area contributed by atoms with Crippen LogP contribution in [0, 0.1) is 17.0 Å². The zero-order valence-electron chi connectivity index (χ0n) is 18.3. The number of rotatable bonds is 8. The molecule has 0 aliphatic heterocycles. The molecule has 4 aromatic rings. The van der Waals surface area contributed by atoms with Crippen molar-refractivity contribution >= 4 is 51.4 Å². The third kappa shape index (κ3) is 5.13. The number of benzene rings is 3. The highest BCUT2D eigenvalue weighted by atomic mass is 35.5. The molecule has 0 saturated carbocycles. The van der Waals surface area contributed by atoms with Gasteiger partial charge in [0, 0.05) is 19.2 Å². The van der Waals surface area contributed by atoms with E-state index in [1.807, 2.05) is 31.2 Å². The number of hydrogen-bond acceptors (Lipinski definition) is 7. The van der Waals surface area contributed by atoms with Gasteiger partial charge in [-0.05, 0) is 35.4 Å². The van der Waals surface area contributed by atoms with Gasteiger partial charge in [0.2, 0.25) is 5.91 Å². The zero-order chi connectivity index (χ0) is 24.2. The molecule has 0 spiro atoms. The molecule has 1 heterocycles. The standard InChI is InChI=1S/C23H20ClN5O4S/c1-14-17-6-4-3-5-15(17)7-10-20(14)33-12-21-26-27-23(28(21)2)34-13-22(30)25-19-11-16(29(31)32)8-9-18(19)24/h3-11H,12-13H2,1-2H3,(H,25,30). The van der Waals surface area contributed by atoms with Crippen LogP contribution in [-0.4, -0.2) is 31.3 Å². The van der Waals surface area contributed by atoms with Crippen molar-refractivity contribution in [1.82, 2.24) is 14.8 Å². The molecule has 0 atom stereocenters. The van der Waals surface area contributed by atoms with E-state index in [0.29, 0.717) is 11.0 Å². The summed E-state index contributed by atoms with van der Waals surface area (Å²) in [5.41, 5.74) is 1.07. The first-order valence-corrected chi connectivity index (χ1v) is 11.6. The Kier molecular flexibility index (Phi) is 6.99. The first-order valence-electron chi connectivity index (χ1n) is 10.2. The summed E-state index contributed by atoms with van der Waals surface area (Å²) in [5, 5.41) is 24.9. The molecule has 4 rings (SSSR count). The fourth-order valence-electron chi connectivity index (χ4n) is 3.34. The van der Waals surface area contributed by atoms with E-state index >= 15 is 0 Å². The summed E-state index contributed by atoms with van der Waals surface area (Å²) in [6.07, 6.45) is 0. The highest BCUT2D eigenvalue weighted by Crippen LogP contribution is 2.29. The number of non-ortho nitro benzene ring substituents is 1. The summed E-state index contributed by atoms with van der Waals surface area (Å²) >= 11 is 7.22. The lowest BCUT2D eigenvalue weighted by molar-refractivity contribution is -0.384. The average Bonchev–Trinajstić information content (AvgIpc) is 3.18. The Balaban J connectivity index is 1.37. The maximum Gasteiger partial charge on any atom is 0.271 e. The zero-order valence-corrected chi connectivity index (χ0v) is 19.9. The number of ether oxygens (including phenoxy) is 1. The van der Waals surface area contributed by atoms with E-state index in [1.54, 1.807) is 11.6 Å². The van der Waals surface area contributed by atoms with Gasteiger partial charge in [0.1, 0.15) is 12.4 Å². The van der Waals surface area contributed by atoms with Crippen molar-refractivity contribution < 1.29 is 14.5 Å². The molecule has 11 heteroatoms. The number of nitrogens with one attached hydrogen (secondary N) is 1. The number of aromatic nitrogens is 3. The van der Waals surface area contributed by atoms with E-state index in [0.717, 1.165) is 22.1 Å². The number of anilines is 1. The van der Waals surface area contributed by atoms with Gasteiger partial charge >= 0.3 is 0 Å². The smallest absolute Gasteiger partial charge is 0.271 e. The molecule has 0 fully saturated rings. The van der Waals surface area contributed by atoms with Crippen LogP contribution >= 0.6 is 23.4 Å². The molecule has 0 aliphatic carbocycles. The Bertz CT molecular complexity index is 1390. The molecule has 0 bridgehead atoms. The molecule has 3 aromatic carbocycles. The summed E-state index contributed by atoms with van der Waals surface area (Å²) < 4.78 is 7.75. The molecule has 1 aromatic heterocycles. The predicted molar refractivity (Wildman–Crippen MR) is 131 cm³/mol. The van der Waals surface area contributed by atoms with E-state index in [9.17, 15) is 14.9 Å². The van der Waals surface area contributed by atoms with Gasteiger partial charge in [-0.1, -0.05) is 53.7 Å². The van der Waals surface area contributed by atoms with Crippen molar-refractivity contribution in [3.8, 4) is 5.75 Å². The number of aryl methyl sites for hydroxylation is 1. The normalized spacial score (nSPS) is 10.9. The highest BCUT2D eigenvalue weighted by Gasteiger charge is 2.15. The van der Waals surface area contributed by atoms with Gasteiger partial charge in [0.15, 0.2) is 11.0 Å². The number of fused-ring (bicyclic) bond motifs is 1. The van der Waals surface area contributed by atoms with Crippen LogP contribution in [0.4, 0.5) is 11.4 Å². The topological polar surface area (TPSA) is 112 Å². The van der Waals surface area contributed by atoms with Crippen molar-refractivity contribution in [1.29, 1.82) is 0 Å². The number of hydrogen-bond donors (Lipinski definition) is 1. The fraction of sp³-hybridized carbons (Fsp3) is 0.174. The largest absolute Gasteiger partial charge is 0.485 e. The molecule has 0 saturated heterocycles. The molecule has 9 nitrogen and oxygen atoms in total. The lowest BCUT2D eigenvalue weighted by Gasteiger charge is -2.11. The lowest BCUT2D eigenvalue weighted by Crippen LogP contribution is -2.15. The molecule has 174 valence electrons. The van der Waals surface area contributed by atoms with Crippen LogP contribution in [0.1, 0.15) is 11.4 Å². The van der Waals surface area contributed by atoms with Crippen LogP contribution in [0.25, 0.3) is 10.8 Å². The third-order valence-electron chi connectivity index (χ3n) is 5.20. The number of halogens is 1. The number of carbonyl (C=O) groups excluding carboxylic acids is 1. The van der Waals surface area contributed by atoms with Crippen molar-refractivity contribution in [3.05, 3.63) is 81.1 Å². The number of amides is 1. The molecular formula is C23H20ClN5O4S. The molecule has 34 heavy (non-hydrogen) atoms. The lowest BCUT2D eigenvalue weighted by atomic mass is 10.0. The van der Waals surface area contributed by atoms with E-state index < -0.39 is 4.92 Å². The fourth-order valence-corrected chi connectivity index (χ4v) is 4.24. The van der Waals surface area contributed by atoms with Crippen LogP contribution in [-0.2, 0) is 18.4 Å². The summed E-state index contributed by atoms with van der Waals surface area (Å²) in [6, 6.07) is 15.9. The van der Waals surface area contributed by atoms with Crippen molar-refractivity contribution in [2.75, 3.05) is 11.1 Å². The maximum atomic E-state index is 12.3. The number of nitro benzene ring substituents is 1. The van der Waals surface area contributed by atoms with E-state index in [-0.39, 0.29) is 34.7 Å². The van der Waals surface area contributed by atoms with Crippen molar-refractivity contribution in [2.45, 2.75) is 18.7 Å². The number of nitrogens with zero attached hydrogens (tertiary/aromatic N) is 4. The summed E-state index contributed by atoms with van der Waals surface area (Å²) in [6.45, 7) is 2.24. The SMILES string of the molecule is Cc1c(OCc2nnc(SCC(=O)Nc3cc([N+](=O)[O-])ccc3Cl)n2C)ccc2ccccc12. The molecule has 1 amide bonds. The number of thioether (sulfide) groups is 1. The quantitative estimate of drug-likeness (QED) is 0.203. The molecule has 0 radical (unpaired) electrons. The Hall–Kier alpha value is -3.63. The molecule has 0 aliphatic rings. The van der Waals surface area contributed by atoms with Gasteiger partial charge in [-0.25, -0.2) is 0 Å². The first-order chi connectivity index (χ1) is 16.3. The van der Waals surface area contributed by atoms with Gasteiger partial charge in [0.25, 0.3) is 5.69 Å². The van der Waals surface area contributed by atoms with E-state index in [1.165, 1.54) is 30.0 Å².